The van der Waals surface area contributed by atoms with Crippen molar-refractivity contribution >= 4 is 23.6 Å². The van der Waals surface area contributed by atoms with E-state index in [4.69, 9.17) is 0 Å². The lowest BCUT2D eigenvalue weighted by Crippen LogP contribution is -2.69. The first-order chi connectivity index (χ1) is 12.4. The minimum atomic E-state index is -2.11. The molecule has 1 atom stereocenters. The van der Waals surface area contributed by atoms with Crippen molar-refractivity contribution in [2.45, 2.75) is 24.8 Å². The van der Waals surface area contributed by atoms with Crippen LogP contribution in [0.5, 0.6) is 0 Å². The zero-order chi connectivity index (χ0) is 17.0. The zero-order valence-corrected chi connectivity index (χ0v) is 15.5. The molecule has 4 rings (SSSR count). The summed E-state index contributed by atoms with van der Waals surface area (Å²) in [6.45, 7) is 0. The predicted octanol–water partition coefficient (Wildman–Crippen LogP) is 4.27. The van der Waals surface area contributed by atoms with Gasteiger partial charge in [0.15, 0.2) is 8.07 Å². The summed E-state index contributed by atoms with van der Waals surface area (Å²) in [5, 5.41) is 4.55. The van der Waals surface area contributed by atoms with E-state index < -0.39 is 8.07 Å². The van der Waals surface area contributed by atoms with Gasteiger partial charge in [0.1, 0.15) is 0 Å². The van der Waals surface area contributed by atoms with Gasteiger partial charge >= 0.3 is 0 Å². The molecule has 1 heteroatoms. The zero-order valence-electron chi connectivity index (χ0n) is 14.5. The molecule has 1 unspecified atom stereocenters. The normalized spacial score (nSPS) is 17.4. The first-order valence-electron chi connectivity index (χ1n) is 9.25. The van der Waals surface area contributed by atoms with Crippen molar-refractivity contribution in [1.29, 1.82) is 0 Å². The number of benzene rings is 3. The van der Waals surface area contributed by atoms with Crippen molar-refractivity contribution in [2.24, 2.45) is 0 Å². The highest BCUT2D eigenvalue weighted by Crippen LogP contribution is 2.32. The van der Waals surface area contributed by atoms with Crippen molar-refractivity contribution in [3.63, 3.8) is 0 Å². The van der Waals surface area contributed by atoms with Crippen LogP contribution in [0.25, 0.3) is 0 Å². The fraction of sp³-hybridized carbons (Fsp3) is 0.167. The molecule has 124 valence electrons. The minimum absolute atomic E-state index is 0.605. The SMILES string of the molecule is C1=CC([Si](c2ccccc2)(c2ccccc2)c2ccccc2)CCC1. The fourth-order valence-electron chi connectivity index (χ4n) is 4.42. The lowest BCUT2D eigenvalue weighted by molar-refractivity contribution is 0.719. The second-order valence-corrected chi connectivity index (χ2v) is 11.0. The van der Waals surface area contributed by atoms with E-state index >= 15 is 0 Å². The quantitative estimate of drug-likeness (QED) is 0.378. The van der Waals surface area contributed by atoms with Gasteiger partial charge in [0, 0.05) is 0 Å². The highest BCUT2D eigenvalue weighted by atomic mass is 28.3. The van der Waals surface area contributed by atoms with Crippen LogP contribution in [0.3, 0.4) is 0 Å². The summed E-state index contributed by atoms with van der Waals surface area (Å²) in [6, 6.07) is 33.8. The Morgan fingerprint density at radius 2 is 1.04 bits per heavy atom. The maximum absolute atomic E-state index is 2.52. The van der Waals surface area contributed by atoms with Crippen LogP contribution >= 0.6 is 0 Å². The van der Waals surface area contributed by atoms with Crippen LogP contribution in [-0.4, -0.2) is 8.07 Å². The second-order valence-electron chi connectivity index (χ2n) is 6.87. The molecule has 3 aromatic rings. The monoisotopic (exact) mass is 340 g/mol. The molecule has 0 aliphatic heterocycles. The first-order valence-corrected chi connectivity index (χ1v) is 11.3. The highest BCUT2D eigenvalue weighted by Gasteiger charge is 2.45. The van der Waals surface area contributed by atoms with Crippen LogP contribution in [-0.2, 0) is 0 Å². The van der Waals surface area contributed by atoms with Crippen molar-refractivity contribution in [2.75, 3.05) is 0 Å². The molecule has 3 aromatic carbocycles. The summed E-state index contributed by atoms with van der Waals surface area (Å²) in [5.74, 6) is 0. The van der Waals surface area contributed by atoms with Gasteiger partial charge in [0.25, 0.3) is 0 Å². The molecule has 0 spiro atoms. The Kier molecular flexibility index (Phi) is 4.67. The van der Waals surface area contributed by atoms with E-state index in [1.54, 1.807) is 0 Å². The fourth-order valence-corrected chi connectivity index (χ4v) is 9.92. The Morgan fingerprint density at radius 1 is 0.600 bits per heavy atom. The average Bonchev–Trinajstić information content (AvgIpc) is 2.72. The summed E-state index contributed by atoms with van der Waals surface area (Å²) >= 11 is 0. The van der Waals surface area contributed by atoms with E-state index in [0.29, 0.717) is 5.54 Å². The lowest BCUT2D eigenvalue weighted by Gasteiger charge is -2.40. The molecule has 25 heavy (non-hydrogen) atoms. The summed E-state index contributed by atoms with van der Waals surface area (Å²) in [7, 11) is -2.11. The molecule has 0 N–H and O–H groups in total. The first kappa shape index (κ1) is 16.1. The van der Waals surface area contributed by atoms with Crippen LogP contribution < -0.4 is 15.6 Å². The molecule has 0 radical (unpaired) electrons. The molecule has 0 saturated carbocycles. The van der Waals surface area contributed by atoms with Crippen LogP contribution in [0.4, 0.5) is 0 Å². The summed E-state index contributed by atoms with van der Waals surface area (Å²) < 4.78 is 0. The molecule has 0 nitrogen and oxygen atoms in total. The van der Waals surface area contributed by atoms with E-state index in [1.807, 2.05) is 0 Å². The van der Waals surface area contributed by atoms with Gasteiger partial charge in [-0.2, -0.15) is 0 Å². The maximum atomic E-state index is 2.52. The molecular formula is C24H24Si. The van der Waals surface area contributed by atoms with Gasteiger partial charge in [-0.1, -0.05) is 103 Å². The third-order valence-corrected chi connectivity index (χ3v) is 10.8. The lowest BCUT2D eigenvalue weighted by atomic mass is 10.1. The number of allylic oxidation sites excluding steroid dienone is 2. The van der Waals surface area contributed by atoms with Crippen LogP contribution in [0.1, 0.15) is 19.3 Å². The molecule has 0 fully saturated rings. The van der Waals surface area contributed by atoms with E-state index in [0.717, 1.165) is 0 Å². The minimum Gasteiger partial charge on any atom is -0.0885 e. The van der Waals surface area contributed by atoms with Crippen molar-refractivity contribution in [3.8, 4) is 0 Å². The molecule has 0 aromatic heterocycles. The summed E-state index contributed by atoms with van der Waals surface area (Å²) in [4.78, 5) is 0. The van der Waals surface area contributed by atoms with Crippen molar-refractivity contribution in [3.05, 3.63) is 103 Å². The largest absolute Gasteiger partial charge is 0.154 e. The molecule has 0 saturated heterocycles. The van der Waals surface area contributed by atoms with Gasteiger partial charge in [0.05, 0.1) is 0 Å². The Labute approximate surface area is 151 Å². The van der Waals surface area contributed by atoms with Crippen LogP contribution in [0.15, 0.2) is 103 Å². The van der Waals surface area contributed by atoms with Gasteiger partial charge in [-0.05, 0) is 40.4 Å². The van der Waals surface area contributed by atoms with E-state index in [2.05, 4.69) is 103 Å². The van der Waals surface area contributed by atoms with Gasteiger partial charge in [-0.15, -0.1) is 0 Å². The molecule has 0 bridgehead atoms. The Hall–Kier alpha value is -2.38. The molecule has 0 heterocycles. The standard InChI is InChI=1S/C24H24Si/c1-5-13-21(14-6-1)25(22-15-7-2-8-16-22,23-17-9-3-10-18-23)24-19-11-4-12-20-24/h1-3,5-11,13-19,24H,4,12,20H2. The van der Waals surface area contributed by atoms with Gasteiger partial charge in [-0.3, -0.25) is 0 Å². The second kappa shape index (κ2) is 7.24. The van der Waals surface area contributed by atoms with E-state index in [-0.39, 0.29) is 0 Å². The van der Waals surface area contributed by atoms with Crippen molar-refractivity contribution in [1.82, 2.24) is 0 Å². The Morgan fingerprint density at radius 3 is 1.40 bits per heavy atom. The van der Waals surface area contributed by atoms with E-state index in [1.165, 1.54) is 34.8 Å². The number of rotatable bonds is 4. The molecular weight excluding hydrogens is 316 g/mol. The smallest absolute Gasteiger partial charge is 0.0885 e. The topological polar surface area (TPSA) is 0 Å². The van der Waals surface area contributed by atoms with Crippen molar-refractivity contribution < 1.29 is 0 Å². The highest BCUT2D eigenvalue weighted by molar-refractivity contribution is 7.12. The Bertz CT molecular complexity index is 725. The number of hydrogen-bond donors (Lipinski definition) is 0. The third kappa shape index (κ3) is 2.89. The van der Waals surface area contributed by atoms with Gasteiger partial charge < -0.3 is 0 Å². The van der Waals surface area contributed by atoms with Gasteiger partial charge in [-0.25, -0.2) is 0 Å². The average molecular weight is 341 g/mol. The molecule has 0 amide bonds. The Balaban J connectivity index is 2.04. The number of hydrogen-bond acceptors (Lipinski definition) is 0. The predicted molar refractivity (Wildman–Crippen MR) is 111 cm³/mol. The van der Waals surface area contributed by atoms with Gasteiger partial charge in [0.2, 0.25) is 0 Å². The summed E-state index contributed by atoms with van der Waals surface area (Å²) in [5.41, 5.74) is 0.605. The van der Waals surface area contributed by atoms with Crippen LogP contribution in [0.2, 0.25) is 5.54 Å². The van der Waals surface area contributed by atoms with Crippen LogP contribution in [0, 0.1) is 0 Å². The molecule has 1 aliphatic rings. The molecule has 1 aliphatic carbocycles. The van der Waals surface area contributed by atoms with E-state index in [9.17, 15) is 0 Å². The maximum Gasteiger partial charge on any atom is 0.154 e. The summed E-state index contributed by atoms with van der Waals surface area (Å²) in [6.07, 6.45) is 8.72. The third-order valence-electron chi connectivity index (χ3n) is 5.50.